The van der Waals surface area contributed by atoms with Gasteiger partial charge >= 0.3 is 0 Å². The molecule has 1 saturated carbocycles. The van der Waals surface area contributed by atoms with E-state index in [1.165, 1.54) is 13.2 Å². The minimum Gasteiger partial charge on any atom is -0.488 e. The van der Waals surface area contributed by atoms with Crippen molar-refractivity contribution in [3.63, 3.8) is 0 Å². The number of aromatic nitrogens is 1. The van der Waals surface area contributed by atoms with Crippen LogP contribution in [-0.4, -0.2) is 32.5 Å². The number of amides is 1. The zero-order valence-corrected chi connectivity index (χ0v) is 10.5. The Morgan fingerprint density at radius 2 is 2.17 bits per heavy atom. The van der Waals surface area contributed by atoms with Crippen LogP contribution in [0, 0.1) is 0 Å². The maximum atomic E-state index is 11.8. The number of hydrogen-bond acceptors (Lipinski definition) is 5. The van der Waals surface area contributed by atoms with Crippen LogP contribution < -0.4 is 15.2 Å². The molecule has 1 aliphatic carbocycles. The van der Waals surface area contributed by atoms with Crippen LogP contribution >= 0.6 is 0 Å². The summed E-state index contributed by atoms with van der Waals surface area (Å²) in [6.45, 7) is 0. The molecule has 98 valence electrons. The third-order valence-electron chi connectivity index (χ3n) is 2.46. The van der Waals surface area contributed by atoms with Crippen molar-refractivity contribution >= 4 is 15.9 Å². The van der Waals surface area contributed by atoms with Crippen LogP contribution in [0.15, 0.2) is 17.3 Å². The number of primary sulfonamides is 1. The number of rotatable bonds is 4. The molecule has 0 aliphatic heterocycles. The fourth-order valence-electron chi connectivity index (χ4n) is 1.44. The van der Waals surface area contributed by atoms with Gasteiger partial charge in [-0.25, -0.2) is 13.6 Å². The van der Waals surface area contributed by atoms with E-state index in [2.05, 4.69) is 10.3 Å². The normalized spacial score (nSPS) is 15.2. The molecule has 3 N–H and O–H groups in total. The van der Waals surface area contributed by atoms with Crippen molar-refractivity contribution in [2.75, 3.05) is 7.05 Å². The average molecular weight is 271 g/mol. The number of carbonyl (C=O) groups excluding carboxylic acids is 1. The molecule has 0 unspecified atom stereocenters. The molecule has 1 fully saturated rings. The Morgan fingerprint density at radius 3 is 2.67 bits per heavy atom. The van der Waals surface area contributed by atoms with Gasteiger partial charge in [0.25, 0.3) is 5.91 Å². The van der Waals surface area contributed by atoms with Crippen LogP contribution in [-0.2, 0) is 10.0 Å². The van der Waals surface area contributed by atoms with E-state index in [4.69, 9.17) is 9.88 Å². The summed E-state index contributed by atoms with van der Waals surface area (Å²) < 4.78 is 28.3. The molecular formula is C10H13N3O4S. The number of pyridine rings is 1. The molecule has 0 atom stereocenters. The molecule has 2 rings (SSSR count). The second-order valence-corrected chi connectivity index (χ2v) is 5.48. The number of ether oxygens (including phenoxy) is 1. The first-order valence-corrected chi connectivity index (χ1v) is 6.87. The topological polar surface area (TPSA) is 111 Å². The lowest BCUT2D eigenvalue weighted by atomic mass is 10.2. The minimum atomic E-state index is -4.03. The molecule has 0 radical (unpaired) electrons. The van der Waals surface area contributed by atoms with Crippen LogP contribution in [0.2, 0.25) is 0 Å². The van der Waals surface area contributed by atoms with Gasteiger partial charge < -0.3 is 10.1 Å². The van der Waals surface area contributed by atoms with E-state index in [0.717, 1.165) is 19.0 Å². The van der Waals surface area contributed by atoms with Gasteiger partial charge in [0.2, 0.25) is 10.0 Å². The molecule has 8 heteroatoms. The molecule has 1 aromatic heterocycles. The summed E-state index contributed by atoms with van der Waals surface area (Å²) in [5.41, 5.74) is -0.0955. The number of sulfonamides is 1. The molecule has 0 saturated heterocycles. The third kappa shape index (κ3) is 2.59. The van der Waals surface area contributed by atoms with E-state index in [1.54, 1.807) is 0 Å². The largest absolute Gasteiger partial charge is 0.488 e. The molecule has 0 spiro atoms. The van der Waals surface area contributed by atoms with Crippen molar-refractivity contribution in [3.05, 3.63) is 18.0 Å². The predicted molar refractivity (Wildman–Crippen MR) is 62.7 cm³/mol. The first kappa shape index (κ1) is 12.8. The highest BCUT2D eigenvalue weighted by Gasteiger charge is 2.29. The number of nitrogens with zero attached hydrogens (tertiary/aromatic N) is 1. The number of carbonyl (C=O) groups is 1. The second-order valence-electron chi connectivity index (χ2n) is 3.95. The molecule has 1 aliphatic rings. The molecule has 0 aromatic carbocycles. The highest BCUT2D eigenvalue weighted by Crippen LogP contribution is 2.31. The fourth-order valence-corrected chi connectivity index (χ4v) is 2.13. The third-order valence-corrected chi connectivity index (χ3v) is 3.38. The number of nitrogens with two attached hydrogens (primary N) is 1. The maximum Gasteiger partial charge on any atom is 0.256 e. The molecule has 18 heavy (non-hydrogen) atoms. The number of nitrogens with one attached hydrogen (secondary N) is 1. The van der Waals surface area contributed by atoms with Gasteiger partial charge in [0.05, 0.1) is 12.3 Å². The SMILES string of the molecule is CNC(=O)c1c(OC2CC2)cncc1S(N)(=O)=O. The summed E-state index contributed by atoms with van der Waals surface area (Å²) in [5, 5.41) is 7.42. The van der Waals surface area contributed by atoms with Gasteiger partial charge in [-0.2, -0.15) is 0 Å². The monoisotopic (exact) mass is 271 g/mol. The zero-order valence-electron chi connectivity index (χ0n) is 9.71. The van der Waals surface area contributed by atoms with Crippen molar-refractivity contribution in [2.45, 2.75) is 23.8 Å². The Bertz CT molecular complexity index is 581. The van der Waals surface area contributed by atoms with Crippen molar-refractivity contribution in [3.8, 4) is 5.75 Å². The number of hydrogen-bond donors (Lipinski definition) is 2. The first-order valence-electron chi connectivity index (χ1n) is 5.33. The molecular weight excluding hydrogens is 258 g/mol. The van der Waals surface area contributed by atoms with Gasteiger partial charge in [0, 0.05) is 13.2 Å². The predicted octanol–water partition coefficient (Wildman–Crippen LogP) is -0.370. The Kier molecular flexibility index (Phi) is 3.22. The van der Waals surface area contributed by atoms with E-state index in [-0.39, 0.29) is 22.3 Å². The van der Waals surface area contributed by atoms with Crippen LogP contribution in [0.4, 0.5) is 0 Å². The molecule has 0 bridgehead atoms. The summed E-state index contributed by atoms with van der Waals surface area (Å²) in [6, 6.07) is 0. The smallest absolute Gasteiger partial charge is 0.256 e. The summed E-state index contributed by atoms with van der Waals surface area (Å²) >= 11 is 0. The summed E-state index contributed by atoms with van der Waals surface area (Å²) in [6.07, 6.45) is 4.14. The minimum absolute atomic E-state index is 0.0194. The Morgan fingerprint density at radius 1 is 1.50 bits per heavy atom. The van der Waals surface area contributed by atoms with Crippen molar-refractivity contribution in [2.24, 2.45) is 5.14 Å². The zero-order chi connectivity index (χ0) is 13.3. The summed E-state index contributed by atoms with van der Waals surface area (Å²) in [5.74, 6) is -0.430. The quantitative estimate of drug-likeness (QED) is 0.776. The van der Waals surface area contributed by atoms with E-state index < -0.39 is 15.9 Å². The highest BCUT2D eigenvalue weighted by molar-refractivity contribution is 7.89. The van der Waals surface area contributed by atoms with Crippen LogP contribution in [0.1, 0.15) is 23.2 Å². The van der Waals surface area contributed by atoms with Gasteiger partial charge in [-0.05, 0) is 12.8 Å². The molecule has 1 amide bonds. The van der Waals surface area contributed by atoms with E-state index >= 15 is 0 Å². The lowest BCUT2D eigenvalue weighted by molar-refractivity contribution is 0.0955. The standard InChI is InChI=1S/C10H13N3O4S/c1-12-10(14)9-7(17-6-2-3-6)4-13-5-8(9)18(11,15)16/h4-6H,2-3H2,1H3,(H,12,14)(H2,11,15,16). The van der Waals surface area contributed by atoms with Gasteiger partial charge in [-0.15, -0.1) is 0 Å². The lowest BCUT2D eigenvalue weighted by Gasteiger charge is -2.12. The van der Waals surface area contributed by atoms with E-state index in [0.29, 0.717) is 0 Å². The van der Waals surface area contributed by atoms with Gasteiger partial charge in [0.1, 0.15) is 10.5 Å². The molecule has 1 heterocycles. The van der Waals surface area contributed by atoms with Crippen molar-refractivity contribution in [1.29, 1.82) is 0 Å². The Balaban J connectivity index is 2.55. The molecule has 7 nitrogen and oxygen atoms in total. The second kappa shape index (κ2) is 4.54. The van der Waals surface area contributed by atoms with Gasteiger partial charge in [0.15, 0.2) is 5.75 Å². The van der Waals surface area contributed by atoms with Gasteiger partial charge in [-0.1, -0.05) is 0 Å². The fraction of sp³-hybridized carbons (Fsp3) is 0.400. The summed E-state index contributed by atoms with van der Waals surface area (Å²) in [4.78, 5) is 15.2. The first-order chi connectivity index (χ1) is 8.43. The maximum absolute atomic E-state index is 11.8. The van der Waals surface area contributed by atoms with E-state index in [9.17, 15) is 13.2 Å². The Labute approximate surface area is 104 Å². The average Bonchev–Trinajstić information content (AvgIpc) is 3.10. The lowest BCUT2D eigenvalue weighted by Crippen LogP contribution is -2.25. The Hall–Kier alpha value is -1.67. The summed E-state index contributed by atoms with van der Waals surface area (Å²) in [7, 11) is -2.63. The van der Waals surface area contributed by atoms with Crippen LogP contribution in [0.3, 0.4) is 0 Å². The molecule has 1 aromatic rings. The van der Waals surface area contributed by atoms with Gasteiger partial charge in [-0.3, -0.25) is 9.78 Å². The highest BCUT2D eigenvalue weighted by atomic mass is 32.2. The van der Waals surface area contributed by atoms with Crippen LogP contribution in [0.25, 0.3) is 0 Å². The van der Waals surface area contributed by atoms with Crippen molar-refractivity contribution in [1.82, 2.24) is 10.3 Å². The van der Waals surface area contributed by atoms with Crippen LogP contribution in [0.5, 0.6) is 5.75 Å². The van der Waals surface area contributed by atoms with E-state index in [1.807, 2.05) is 0 Å². The van der Waals surface area contributed by atoms with Crippen molar-refractivity contribution < 1.29 is 17.9 Å².